The maximum atomic E-state index is 9.48. The van der Waals surface area contributed by atoms with Crippen molar-refractivity contribution in [2.75, 3.05) is 12.5 Å². The van der Waals surface area contributed by atoms with Crippen molar-refractivity contribution < 1.29 is 9.84 Å². The molecule has 2 aromatic rings. The lowest BCUT2D eigenvalue weighted by Gasteiger charge is -2.22. The molecule has 0 saturated heterocycles. The molecule has 2 aromatic carbocycles. The fourth-order valence-electron chi connectivity index (χ4n) is 2.91. The van der Waals surface area contributed by atoms with Crippen molar-refractivity contribution in [2.24, 2.45) is 0 Å². The van der Waals surface area contributed by atoms with Crippen LogP contribution in [0.1, 0.15) is 28.7 Å². The minimum absolute atomic E-state index is 0.218. The van der Waals surface area contributed by atoms with Crippen LogP contribution < -0.4 is 4.74 Å². The second-order valence-electron chi connectivity index (χ2n) is 5.45. The summed E-state index contributed by atoms with van der Waals surface area (Å²) >= 11 is 12.2. The van der Waals surface area contributed by atoms with Crippen LogP contribution in [0.15, 0.2) is 36.4 Å². The number of alkyl halides is 1. The van der Waals surface area contributed by atoms with Gasteiger partial charge in [-0.05, 0) is 53.3 Å². The summed E-state index contributed by atoms with van der Waals surface area (Å²) in [6.07, 6.45) is 3.77. The predicted molar refractivity (Wildman–Crippen MR) is 95.9 cm³/mol. The van der Waals surface area contributed by atoms with Gasteiger partial charge in [-0.2, -0.15) is 5.26 Å². The van der Waals surface area contributed by atoms with Crippen LogP contribution in [0.25, 0.3) is 5.57 Å². The third kappa shape index (κ3) is 3.08. The molecule has 3 rings (SSSR count). The summed E-state index contributed by atoms with van der Waals surface area (Å²) < 4.78 is 5.59. The highest BCUT2D eigenvalue weighted by Crippen LogP contribution is 2.42. The van der Waals surface area contributed by atoms with Crippen LogP contribution in [0, 0.1) is 11.3 Å². The second kappa shape index (κ2) is 7.17. The van der Waals surface area contributed by atoms with E-state index in [4.69, 9.17) is 27.9 Å². The van der Waals surface area contributed by atoms with E-state index < -0.39 is 0 Å². The SMILES string of the molecule is N#Cc1cc2c(c(Cl)c1OCCCl)CCC=C2c1ccc(O)cc1. The smallest absolute Gasteiger partial charge is 0.156 e. The van der Waals surface area contributed by atoms with Crippen LogP contribution in [-0.4, -0.2) is 17.6 Å². The van der Waals surface area contributed by atoms with Crippen LogP contribution in [0.4, 0.5) is 0 Å². The average Bonchev–Trinajstić information content (AvgIpc) is 2.61. The Labute approximate surface area is 150 Å². The van der Waals surface area contributed by atoms with Gasteiger partial charge in [-0.25, -0.2) is 0 Å². The first-order valence-electron chi connectivity index (χ1n) is 7.60. The first-order chi connectivity index (χ1) is 11.7. The maximum absolute atomic E-state index is 9.48. The van der Waals surface area contributed by atoms with Crippen LogP contribution in [0.3, 0.4) is 0 Å². The van der Waals surface area contributed by atoms with Gasteiger partial charge in [-0.1, -0.05) is 29.8 Å². The van der Waals surface area contributed by atoms with E-state index >= 15 is 0 Å². The molecule has 3 nitrogen and oxygen atoms in total. The zero-order chi connectivity index (χ0) is 17.1. The van der Waals surface area contributed by atoms with Crippen LogP contribution in [0.5, 0.6) is 11.5 Å². The van der Waals surface area contributed by atoms with E-state index in [9.17, 15) is 10.4 Å². The molecular formula is C19H15Cl2NO2. The molecule has 0 atom stereocenters. The number of aromatic hydroxyl groups is 1. The molecule has 0 bridgehead atoms. The average molecular weight is 360 g/mol. The Balaban J connectivity index is 2.12. The molecule has 1 aliphatic rings. The van der Waals surface area contributed by atoms with E-state index in [1.54, 1.807) is 12.1 Å². The highest BCUT2D eigenvalue weighted by atomic mass is 35.5. The van der Waals surface area contributed by atoms with Crippen molar-refractivity contribution in [1.29, 1.82) is 5.26 Å². The Morgan fingerprint density at radius 3 is 2.67 bits per heavy atom. The predicted octanol–water partition coefficient (Wildman–Crippen LogP) is 4.91. The van der Waals surface area contributed by atoms with Crippen molar-refractivity contribution in [3.05, 3.63) is 63.7 Å². The lowest BCUT2D eigenvalue weighted by Crippen LogP contribution is -2.07. The number of nitriles is 1. The standard InChI is InChI=1S/C19H15Cl2NO2/c20-8-9-24-19-13(11-22)10-17-15(2-1-3-16(17)18(19)21)12-4-6-14(23)7-5-12/h2,4-7,10,23H,1,3,8-9H2. The number of halogens is 2. The topological polar surface area (TPSA) is 53.2 Å². The van der Waals surface area contributed by atoms with Gasteiger partial charge in [-0.3, -0.25) is 0 Å². The van der Waals surface area contributed by atoms with Crippen molar-refractivity contribution in [3.8, 4) is 17.6 Å². The number of ether oxygens (including phenoxy) is 1. The minimum Gasteiger partial charge on any atom is -0.508 e. The number of hydrogen-bond acceptors (Lipinski definition) is 3. The second-order valence-corrected chi connectivity index (χ2v) is 6.20. The zero-order valence-corrected chi connectivity index (χ0v) is 14.4. The fraction of sp³-hybridized carbons (Fsp3) is 0.211. The highest BCUT2D eigenvalue weighted by Gasteiger charge is 2.23. The Hall–Kier alpha value is -2.15. The summed E-state index contributed by atoms with van der Waals surface area (Å²) in [5, 5.41) is 19.4. The normalized spacial score (nSPS) is 13.0. The number of benzene rings is 2. The fourth-order valence-corrected chi connectivity index (χ4v) is 3.33. The molecule has 24 heavy (non-hydrogen) atoms. The van der Waals surface area contributed by atoms with E-state index in [0.29, 0.717) is 28.8 Å². The molecule has 1 aliphatic carbocycles. The number of allylic oxidation sites excluding steroid dienone is 1. The van der Waals surface area contributed by atoms with Crippen LogP contribution in [0.2, 0.25) is 5.02 Å². The molecule has 0 amide bonds. The molecule has 0 saturated carbocycles. The first-order valence-corrected chi connectivity index (χ1v) is 8.51. The summed E-state index contributed by atoms with van der Waals surface area (Å²) in [6, 6.07) is 11.0. The molecule has 1 N–H and O–H groups in total. The van der Waals surface area contributed by atoms with Gasteiger partial charge in [0.2, 0.25) is 0 Å². The molecule has 5 heteroatoms. The molecule has 0 aromatic heterocycles. The van der Waals surface area contributed by atoms with Crippen molar-refractivity contribution in [2.45, 2.75) is 12.8 Å². The molecule has 0 fully saturated rings. The van der Waals surface area contributed by atoms with Crippen molar-refractivity contribution in [3.63, 3.8) is 0 Å². The Bertz CT molecular complexity index is 836. The zero-order valence-electron chi connectivity index (χ0n) is 12.9. The molecular weight excluding hydrogens is 345 g/mol. The van der Waals surface area contributed by atoms with E-state index in [1.165, 1.54) is 0 Å². The quantitative estimate of drug-likeness (QED) is 0.788. The summed E-state index contributed by atoms with van der Waals surface area (Å²) in [5.74, 6) is 0.957. The van der Waals surface area contributed by atoms with Gasteiger partial charge in [-0.15, -0.1) is 11.6 Å². The van der Waals surface area contributed by atoms with Gasteiger partial charge in [0.15, 0.2) is 5.75 Å². The number of rotatable bonds is 4. The molecule has 0 unspecified atom stereocenters. The number of nitrogens with zero attached hydrogens (tertiary/aromatic N) is 1. The van der Waals surface area contributed by atoms with Gasteiger partial charge in [0, 0.05) is 0 Å². The van der Waals surface area contributed by atoms with Gasteiger partial charge in [0.05, 0.1) is 16.5 Å². The number of phenols is 1. The lowest BCUT2D eigenvalue weighted by atomic mass is 9.85. The lowest BCUT2D eigenvalue weighted by molar-refractivity contribution is 0.341. The van der Waals surface area contributed by atoms with Gasteiger partial charge in [0.25, 0.3) is 0 Å². The van der Waals surface area contributed by atoms with E-state index in [-0.39, 0.29) is 5.75 Å². The molecule has 122 valence electrons. The van der Waals surface area contributed by atoms with E-state index in [2.05, 4.69) is 12.1 Å². The Kier molecular flexibility index (Phi) is 4.99. The third-order valence-corrected chi connectivity index (χ3v) is 4.53. The minimum atomic E-state index is 0.218. The Morgan fingerprint density at radius 1 is 1.25 bits per heavy atom. The largest absolute Gasteiger partial charge is 0.508 e. The maximum Gasteiger partial charge on any atom is 0.156 e. The van der Waals surface area contributed by atoms with E-state index in [0.717, 1.165) is 35.1 Å². The van der Waals surface area contributed by atoms with Gasteiger partial charge >= 0.3 is 0 Å². The summed E-state index contributed by atoms with van der Waals surface area (Å²) in [7, 11) is 0. The van der Waals surface area contributed by atoms with Crippen LogP contribution >= 0.6 is 23.2 Å². The van der Waals surface area contributed by atoms with E-state index in [1.807, 2.05) is 18.2 Å². The first kappa shape index (κ1) is 16.7. The summed E-state index contributed by atoms with van der Waals surface area (Å²) in [6.45, 7) is 0.301. The summed E-state index contributed by atoms with van der Waals surface area (Å²) in [4.78, 5) is 0. The van der Waals surface area contributed by atoms with Gasteiger partial charge in [0.1, 0.15) is 18.4 Å². The molecule has 0 aliphatic heterocycles. The third-order valence-electron chi connectivity index (χ3n) is 3.98. The van der Waals surface area contributed by atoms with Crippen molar-refractivity contribution >= 4 is 28.8 Å². The highest BCUT2D eigenvalue weighted by molar-refractivity contribution is 6.33. The number of hydrogen-bond donors (Lipinski definition) is 1. The van der Waals surface area contributed by atoms with Crippen LogP contribution in [-0.2, 0) is 6.42 Å². The van der Waals surface area contributed by atoms with Gasteiger partial charge < -0.3 is 9.84 Å². The summed E-state index contributed by atoms with van der Waals surface area (Å²) in [5.41, 5.74) is 4.30. The monoisotopic (exact) mass is 359 g/mol. The Morgan fingerprint density at radius 2 is 2.00 bits per heavy atom. The molecule has 0 heterocycles. The molecule has 0 radical (unpaired) electrons. The van der Waals surface area contributed by atoms with Crippen molar-refractivity contribution in [1.82, 2.24) is 0 Å². The number of phenolic OH excluding ortho intramolecular Hbond substituents is 1. The molecule has 0 spiro atoms. The number of fused-ring (bicyclic) bond motifs is 1.